The minimum atomic E-state index is -0.00506. The molecule has 1 fully saturated rings. The zero-order valence-electron chi connectivity index (χ0n) is 18.6. The number of rotatable bonds is 5. The van der Waals surface area contributed by atoms with Crippen molar-refractivity contribution < 1.29 is 4.79 Å². The second-order valence-corrected chi connectivity index (χ2v) is 9.58. The molecule has 0 N–H and O–H groups in total. The number of fused-ring (bicyclic) bond motifs is 1. The first-order chi connectivity index (χ1) is 15.5. The number of imidazole rings is 2. The van der Waals surface area contributed by atoms with Crippen LogP contribution >= 0.6 is 11.3 Å². The van der Waals surface area contributed by atoms with Crippen LogP contribution in [0.4, 0.5) is 0 Å². The third kappa shape index (κ3) is 3.93. The van der Waals surface area contributed by atoms with Crippen LogP contribution < -0.4 is 0 Å². The maximum atomic E-state index is 13.4. The summed E-state index contributed by atoms with van der Waals surface area (Å²) < 4.78 is 3.96. The largest absolute Gasteiger partial charge is 0.337 e. The lowest BCUT2D eigenvalue weighted by Crippen LogP contribution is -2.44. The van der Waals surface area contributed by atoms with Crippen molar-refractivity contribution >= 4 is 22.8 Å². The summed E-state index contributed by atoms with van der Waals surface area (Å²) in [6.45, 7) is 4.17. The Morgan fingerprint density at radius 3 is 2.75 bits per heavy atom. The van der Waals surface area contributed by atoms with Crippen molar-refractivity contribution in [3.05, 3.63) is 58.7 Å². The third-order valence-corrected chi connectivity index (χ3v) is 6.93. The van der Waals surface area contributed by atoms with Gasteiger partial charge in [-0.15, -0.1) is 11.3 Å². The van der Waals surface area contributed by atoms with Crippen LogP contribution in [0, 0.1) is 6.92 Å². The van der Waals surface area contributed by atoms with Crippen molar-refractivity contribution in [2.75, 3.05) is 27.2 Å². The quantitative estimate of drug-likeness (QED) is 0.468. The van der Waals surface area contributed by atoms with E-state index in [1.165, 1.54) is 0 Å². The molecule has 1 saturated heterocycles. The third-order valence-electron chi connectivity index (χ3n) is 6.11. The Hall–Kier alpha value is -3.04. The van der Waals surface area contributed by atoms with E-state index in [4.69, 9.17) is 4.98 Å². The molecule has 0 unspecified atom stereocenters. The predicted octanol–water partition coefficient (Wildman–Crippen LogP) is 3.18. The molecular formula is C23H27N7OS. The molecule has 166 valence electrons. The van der Waals surface area contributed by atoms with Crippen molar-refractivity contribution in [3.63, 3.8) is 0 Å². The lowest BCUT2D eigenvalue weighted by Gasteiger charge is -2.34. The summed E-state index contributed by atoms with van der Waals surface area (Å²) in [7, 11) is 4.21. The van der Waals surface area contributed by atoms with E-state index in [-0.39, 0.29) is 5.91 Å². The van der Waals surface area contributed by atoms with E-state index < -0.39 is 0 Å². The molecule has 1 aliphatic heterocycles. The summed E-state index contributed by atoms with van der Waals surface area (Å²) in [5.41, 5.74) is 3.06. The standard InChI is InChI=1S/C23H27N7OS/c1-16-25-17(14-32-16)12-28-13-19(24-15-28)22-26-21(20-6-4-5-9-30(20)22)23(31)29-10-7-18(8-11-29)27(2)3/h4-6,9,13-15,18H,7-8,10-12H2,1-3H3. The van der Waals surface area contributed by atoms with Crippen molar-refractivity contribution in [3.8, 4) is 11.5 Å². The highest BCUT2D eigenvalue weighted by molar-refractivity contribution is 7.09. The van der Waals surface area contributed by atoms with Crippen LogP contribution in [-0.2, 0) is 6.54 Å². The molecule has 5 rings (SSSR count). The fourth-order valence-electron chi connectivity index (χ4n) is 4.34. The molecule has 1 amide bonds. The highest BCUT2D eigenvalue weighted by atomic mass is 32.1. The van der Waals surface area contributed by atoms with E-state index in [2.05, 4.69) is 34.3 Å². The fourth-order valence-corrected chi connectivity index (χ4v) is 4.94. The number of aryl methyl sites for hydroxylation is 1. The molecule has 5 heterocycles. The van der Waals surface area contributed by atoms with Gasteiger partial charge in [0, 0.05) is 36.9 Å². The molecule has 4 aromatic heterocycles. The molecule has 4 aromatic rings. The lowest BCUT2D eigenvalue weighted by molar-refractivity contribution is 0.0660. The van der Waals surface area contributed by atoms with Gasteiger partial charge in [-0.2, -0.15) is 0 Å². The van der Waals surface area contributed by atoms with E-state index >= 15 is 0 Å². The molecule has 32 heavy (non-hydrogen) atoms. The normalized spacial score (nSPS) is 15.2. The smallest absolute Gasteiger partial charge is 0.274 e. The van der Waals surface area contributed by atoms with Gasteiger partial charge in [0.2, 0.25) is 0 Å². The summed E-state index contributed by atoms with van der Waals surface area (Å²) in [6.07, 6.45) is 7.67. The number of carbonyl (C=O) groups is 1. The van der Waals surface area contributed by atoms with E-state index in [1.54, 1.807) is 17.7 Å². The molecule has 0 bridgehead atoms. The Morgan fingerprint density at radius 1 is 1.22 bits per heavy atom. The number of pyridine rings is 1. The van der Waals surface area contributed by atoms with Gasteiger partial charge in [0.25, 0.3) is 5.91 Å². The number of amides is 1. The van der Waals surface area contributed by atoms with Crippen molar-refractivity contribution in [1.29, 1.82) is 0 Å². The van der Waals surface area contributed by atoms with E-state index in [0.717, 1.165) is 47.8 Å². The molecule has 1 aliphatic rings. The van der Waals surface area contributed by atoms with Crippen LogP contribution in [0.2, 0.25) is 0 Å². The van der Waals surface area contributed by atoms with Gasteiger partial charge < -0.3 is 14.4 Å². The van der Waals surface area contributed by atoms with Crippen LogP contribution in [0.15, 0.2) is 42.3 Å². The predicted molar refractivity (Wildman–Crippen MR) is 125 cm³/mol. The molecule has 0 saturated carbocycles. The lowest BCUT2D eigenvalue weighted by atomic mass is 10.0. The van der Waals surface area contributed by atoms with E-state index in [9.17, 15) is 4.79 Å². The monoisotopic (exact) mass is 449 g/mol. The van der Waals surface area contributed by atoms with Crippen LogP contribution in [0.25, 0.3) is 17.0 Å². The van der Waals surface area contributed by atoms with Gasteiger partial charge in [-0.3, -0.25) is 9.20 Å². The first kappa shape index (κ1) is 20.8. The van der Waals surface area contributed by atoms with Crippen molar-refractivity contribution in [2.45, 2.75) is 32.4 Å². The first-order valence-electron chi connectivity index (χ1n) is 10.9. The summed E-state index contributed by atoms with van der Waals surface area (Å²) in [5.74, 6) is 0.676. The Kier molecular flexibility index (Phi) is 5.52. The van der Waals surface area contributed by atoms with Crippen LogP contribution in [0.3, 0.4) is 0 Å². The van der Waals surface area contributed by atoms with Gasteiger partial charge in [0.1, 0.15) is 5.69 Å². The highest BCUT2D eigenvalue weighted by Crippen LogP contribution is 2.24. The van der Waals surface area contributed by atoms with E-state index in [1.807, 2.05) is 51.4 Å². The molecule has 0 aliphatic carbocycles. The summed E-state index contributed by atoms with van der Waals surface area (Å²) in [6, 6.07) is 6.37. The van der Waals surface area contributed by atoms with Gasteiger partial charge >= 0.3 is 0 Å². The molecule has 0 spiro atoms. The number of hydrogen-bond acceptors (Lipinski definition) is 6. The molecule has 0 aromatic carbocycles. The number of nitrogens with zero attached hydrogens (tertiary/aromatic N) is 7. The van der Waals surface area contributed by atoms with Crippen LogP contribution in [-0.4, -0.2) is 72.9 Å². The molecule has 9 heteroatoms. The molecular weight excluding hydrogens is 422 g/mol. The number of likely N-dealkylation sites (tertiary alicyclic amines) is 1. The first-order valence-corrected chi connectivity index (χ1v) is 11.7. The Bertz CT molecular complexity index is 1250. The van der Waals surface area contributed by atoms with Gasteiger partial charge in [0.05, 0.1) is 29.1 Å². The van der Waals surface area contributed by atoms with Gasteiger partial charge in [-0.25, -0.2) is 15.0 Å². The average Bonchev–Trinajstić information content (AvgIpc) is 3.52. The second kappa shape index (κ2) is 8.48. The highest BCUT2D eigenvalue weighted by Gasteiger charge is 2.28. The summed E-state index contributed by atoms with van der Waals surface area (Å²) in [4.78, 5) is 31.5. The van der Waals surface area contributed by atoms with Gasteiger partial charge in [-0.1, -0.05) is 6.07 Å². The van der Waals surface area contributed by atoms with E-state index in [0.29, 0.717) is 24.1 Å². The molecule has 0 atom stereocenters. The van der Waals surface area contributed by atoms with Crippen molar-refractivity contribution in [2.24, 2.45) is 0 Å². The SMILES string of the molecule is Cc1nc(Cn2cnc(-c3nc(C(=O)N4CCC(N(C)C)CC4)c4ccccn34)c2)cs1. The van der Waals surface area contributed by atoms with Crippen molar-refractivity contribution in [1.82, 2.24) is 33.7 Å². The number of carbonyl (C=O) groups excluding carboxylic acids is 1. The molecule has 0 radical (unpaired) electrons. The number of hydrogen-bond donors (Lipinski definition) is 0. The Morgan fingerprint density at radius 2 is 2.03 bits per heavy atom. The molecule has 8 nitrogen and oxygen atoms in total. The fraction of sp³-hybridized carbons (Fsp3) is 0.391. The maximum absolute atomic E-state index is 13.4. The number of aromatic nitrogens is 5. The van der Waals surface area contributed by atoms with Crippen LogP contribution in [0.1, 0.15) is 34.0 Å². The zero-order valence-corrected chi connectivity index (χ0v) is 19.4. The second-order valence-electron chi connectivity index (χ2n) is 8.52. The van der Waals surface area contributed by atoms with Gasteiger partial charge in [-0.05, 0) is 46.0 Å². The zero-order chi connectivity index (χ0) is 22.2. The minimum Gasteiger partial charge on any atom is -0.337 e. The number of thiazole rings is 1. The topological polar surface area (TPSA) is 71.6 Å². The van der Waals surface area contributed by atoms with Gasteiger partial charge in [0.15, 0.2) is 11.5 Å². The average molecular weight is 450 g/mol. The maximum Gasteiger partial charge on any atom is 0.274 e. The number of piperidine rings is 1. The summed E-state index contributed by atoms with van der Waals surface area (Å²) in [5, 5.41) is 3.12. The van der Waals surface area contributed by atoms with Crippen LogP contribution in [0.5, 0.6) is 0 Å². The Labute approximate surface area is 191 Å². The Balaban J connectivity index is 1.43. The minimum absolute atomic E-state index is 0.00506. The summed E-state index contributed by atoms with van der Waals surface area (Å²) >= 11 is 1.64.